The van der Waals surface area contributed by atoms with Crippen molar-refractivity contribution in [3.63, 3.8) is 0 Å². The molecule has 1 saturated heterocycles. The van der Waals surface area contributed by atoms with Gasteiger partial charge in [0.2, 0.25) is 5.88 Å². The first-order valence-corrected chi connectivity index (χ1v) is 9.03. The van der Waals surface area contributed by atoms with Crippen LogP contribution in [0.4, 0.5) is 11.6 Å². The normalized spacial score (nSPS) is 15.1. The van der Waals surface area contributed by atoms with Crippen molar-refractivity contribution in [1.29, 1.82) is 0 Å². The van der Waals surface area contributed by atoms with Gasteiger partial charge in [0.1, 0.15) is 17.7 Å². The average Bonchev–Trinajstić information content (AvgIpc) is 2.69. The predicted octanol–water partition coefficient (Wildman–Crippen LogP) is 1.59. The standard InChI is InChI=1S/C18H21N7O2/c1-2-27-15-9-14(20-10-21-15)24-12-4-7-25(8-5-12)17-16-13(3-6-19-17)18(26)23-11-22-16/h3,6,9-12H,2,4-5,7-8H2,1H3,(H,20,21,24)(H,22,23,26). The molecule has 0 aromatic carbocycles. The van der Waals surface area contributed by atoms with Crippen LogP contribution in [0.3, 0.4) is 0 Å². The molecular formula is C18H21N7O2. The second-order valence-corrected chi connectivity index (χ2v) is 6.34. The van der Waals surface area contributed by atoms with Gasteiger partial charge in [-0.2, -0.15) is 0 Å². The Morgan fingerprint density at radius 3 is 2.93 bits per heavy atom. The van der Waals surface area contributed by atoms with Crippen LogP contribution in [0.5, 0.6) is 5.88 Å². The van der Waals surface area contributed by atoms with Gasteiger partial charge in [-0.3, -0.25) is 4.79 Å². The topological polar surface area (TPSA) is 109 Å². The fraction of sp³-hybridized carbons (Fsp3) is 0.389. The molecule has 4 rings (SSSR count). The number of aromatic nitrogens is 5. The number of ether oxygens (including phenoxy) is 1. The Morgan fingerprint density at radius 1 is 1.26 bits per heavy atom. The van der Waals surface area contributed by atoms with Crippen LogP contribution in [-0.4, -0.2) is 50.7 Å². The zero-order chi connectivity index (χ0) is 18.6. The van der Waals surface area contributed by atoms with Crippen molar-refractivity contribution >= 4 is 22.5 Å². The van der Waals surface area contributed by atoms with Gasteiger partial charge in [0, 0.05) is 31.4 Å². The van der Waals surface area contributed by atoms with Crippen molar-refractivity contribution < 1.29 is 4.74 Å². The molecule has 1 aliphatic rings. The predicted molar refractivity (Wildman–Crippen MR) is 102 cm³/mol. The number of nitrogens with one attached hydrogen (secondary N) is 2. The van der Waals surface area contributed by atoms with Gasteiger partial charge in [0.05, 0.1) is 18.3 Å². The fourth-order valence-electron chi connectivity index (χ4n) is 3.31. The summed E-state index contributed by atoms with van der Waals surface area (Å²) in [6.45, 7) is 4.14. The highest BCUT2D eigenvalue weighted by Crippen LogP contribution is 2.24. The van der Waals surface area contributed by atoms with E-state index in [1.54, 1.807) is 12.3 Å². The molecule has 9 nitrogen and oxygen atoms in total. The molecule has 3 aromatic heterocycles. The number of aromatic amines is 1. The molecule has 0 aliphatic carbocycles. The molecule has 1 aliphatic heterocycles. The number of fused-ring (bicyclic) bond motifs is 1. The largest absolute Gasteiger partial charge is 0.478 e. The lowest BCUT2D eigenvalue weighted by atomic mass is 10.0. The Labute approximate surface area is 155 Å². The Balaban J connectivity index is 1.45. The van der Waals surface area contributed by atoms with Gasteiger partial charge >= 0.3 is 0 Å². The number of rotatable bonds is 5. The molecule has 2 N–H and O–H groups in total. The molecule has 9 heteroatoms. The summed E-state index contributed by atoms with van der Waals surface area (Å²) in [5, 5.41) is 4.01. The third kappa shape index (κ3) is 3.67. The minimum atomic E-state index is -0.144. The van der Waals surface area contributed by atoms with Gasteiger partial charge in [0.15, 0.2) is 5.82 Å². The third-order valence-electron chi connectivity index (χ3n) is 4.62. The lowest BCUT2D eigenvalue weighted by Gasteiger charge is -2.33. The summed E-state index contributed by atoms with van der Waals surface area (Å²) in [7, 11) is 0. The molecule has 0 saturated carbocycles. The Hall–Kier alpha value is -3.23. The smallest absolute Gasteiger partial charge is 0.258 e. The number of hydrogen-bond acceptors (Lipinski definition) is 8. The van der Waals surface area contributed by atoms with E-state index < -0.39 is 0 Å². The summed E-state index contributed by atoms with van der Waals surface area (Å²) < 4.78 is 5.42. The minimum Gasteiger partial charge on any atom is -0.478 e. The summed E-state index contributed by atoms with van der Waals surface area (Å²) in [5.74, 6) is 2.10. The van der Waals surface area contributed by atoms with Gasteiger partial charge < -0.3 is 19.9 Å². The monoisotopic (exact) mass is 367 g/mol. The van der Waals surface area contributed by atoms with Crippen LogP contribution >= 0.6 is 0 Å². The van der Waals surface area contributed by atoms with E-state index in [4.69, 9.17) is 4.74 Å². The maximum atomic E-state index is 12.0. The third-order valence-corrected chi connectivity index (χ3v) is 4.62. The van der Waals surface area contributed by atoms with Gasteiger partial charge in [-0.15, -0.1) is 0 Å². The van der Waals surface area contributed by atoms with Gasteiger partial charge in [-0.05, 0) is 25.8 Å². The molecule has 0 radical (unpaired) electrons. The van der Waals surface area contributed by atoms with Gasteiger partial charge in [0.25, 0.3) is 5.56 Å². The van der Waals surface area contributed by atoms with E-state index in [9.17, 15) is 4.79 Å². The van der Waals surface area contributed by atoms with Crippen molar-refractivity contribution in [3.8, 4) is 5.88 Å². The molecule has 140 valence electrons. The number of anilines is 2. The molecule has 0 bridgehead atoms. The first kappa shape index (κ1) is 17.2. The van der Waals surface area contributed by atoms with Crippen molar-refractivity contribution in [2.75, 3.05) is 29.9 Å². The zero-order valence-electron chi connectivity index (χ0n) is 15.1. The van der Waals surface area contributed by atoms with E-state index in [1.165, 1.54) is 12.7 Å². The lowest BCUT2D eigenvalue weighted by Crippen LogP contribution is -2.39. The Morgan fingerprint density at radius 2 is 2.11 bits per heavy atom. The molecule has 0 unspecified atom stereocenters. The number of H-pyrrole nitrogens is 1. The SMILES string of the molecule is CCOc1cc(NC2CCN(c3nccc4c(=O)[nH]cnc34)CC2)ncn1. The van der Waals surface area contributed by atoms with Crippen LogP contribution in [0.15, 0.2) is 35.8 Å². The highest BCUT2D eigenvalue weighted by molar-refractivity contribution is 5.87. The van der Waals surface area contributed by atoms with Gasteiger partial charge in [-0.25, -0.2) is 19.9 Å². The first-order valence-electron chi connectivity index (χ1n) is 9.03. The molecule has 27 heavy (non-hydrogen) atoms. The minimum absolute atomic E-state index is 0.144. The Bertz CT molecular complexity index is 983. The maximum Gasteiger partial charge on any atom is 0.258 e. The fourth-order valence-corrected chi connectivity index (χ4v) is 3.31. The van der Waals surface area contributed by atoms with Crippen molar-refractivity contribution in [3.05, 3.63) is 41.3 Å². The highest BCUT2D eigenvalue weighted by atomic mass is 16.5. The Kier molecular flexibility index (Phi) is 4.82. The second kappa shape index (κ2) is 7.56. The first-order chi connectivity index (χ1) is 13.2. The number of piperidine rings is 1. The van der Waals surface area contributed by atoms with E-state index in [1.807, 2.05) is 13.0 Å². The van der Waals surface area contributed by atoms with E-state index in [-0.39, 0.29) is 5.56 Å². The molecule has 1 fully saturated rings. The molecular weight excluding hydrogens is 346 g/mol. The maximum absolute atomic E-state index is 12.0. The van der Waals surface area contributed by atoms with Crippen LogP contribution in [-0.2, 0) is 0 Å². The van der Waals surface area contributed by atoms with Crippen LogP contribution in [0.2, 0.25) is 0 Å². The molecule has 4 heterocycles. The quantitative estimate of drug-likeness (QED) is 0.700. The summed E-state index contributed by atoms with van der Waals surface area (Å²) in [5.41, 5.74) is 0.499. The average molecular weight is 367 g/mol. The number of pyridine rings is 1. The molecule has 0 spiro atoms. The molecule has 0 amide bonds. The van der Waals surface area contributed by atoms with Crippen LogP contribution in [0, 0.1) is 0 Å². The van der Waals surface area contributed by atoms with Crippen LogP contribution in [0.1, 0.15) is 19.8 Å². The summed E-state index contributed by atoms with van der Waals surface area (Å²) in [4.78, 5) is 33.9. The second-order valence-electron chi connectivity index (χ2n) is 6.34. The summed E-state index contributed by atoms with van der Waals surface area (Å²) >= 11 is 0. The van der Waals surface area contributed by atoms with Crippen molar-refractivity contribution in [2.45, 2.75) is 25.8 Å². The highest BCUT2D eigenvalue weighted by Gasteiger charge is 2.22. The summed E-state index contributed by atoms with van der Waals surface area (Å²) in [6, 6.07) is 3.82. The van der Waals surface area contributed by atoms with E-state index >= 15 is 0 Å². The number of nitrogens with zero attached hydrogens (tertiary/aromatic N) is 5. The van der Waals surface area contributed by atoms with Crippen molar-refractivity contribution in [1.82, 2.24) is 24.9 Å². The van der Waals surface area contributed by atoms with Gasteiger partial charge in [-0.1, -0.05) is 0 Å². The lowest BCUT2D eigenvalue weighted by molar-refractivity contribution is 0.326. The van der Waals surface area contributed by atoms with E-state index in [2.05, 4.69) is 35.1 Å². The van der Waals surface area contributed by atoms with Crippen LogP contribution in [0.25, 0.3) is 10.9 Å². The van der Waals surface area contributed by atoms with Crippen LogP contribution < -0.4 is 20.5 Å². The molecule has 3 aromatic rings. The van der Waals surface area contributed by atoms with E-state index in [0.29, 0.717) is 29.4 Å². The van der Waals surface area contributed by atoms with E-state index in [0.717, 1.165) is 37.6 Å². The molecule has 0 atom stereocenters. The van der Waals surface area contributed by atoms with Crippen molar-refractivity contribution in [2.24, 2.45) is 0 Å². The zero-order valence-corrected chi connectivity index (χ0v) is 15.1. The summed E-state index contributed by atoms with van der Waals surface area (Å²) in [6.07, 6.45) is 6.44. The number of hydrogen-bond donors (Lipinski definition) is 2.